The Bertz CT molecular complexity index is 580. The fraction of sp³-hybridized carbons (Fsp3) is 0.375. The number of nitrogens with zero attached hydrogens (tertiary/aromatic N) is 1. The summed E-state index contributed by atoms with van der Waals surface area (Å²) in [5, 5.41) is 9.07. The molecule has 1 atom stereocenters. The van der Waals surface area contributed by atoms with Gasteiger partial charge in [-0.05, 0) is 18.6 Å². The highest BCUT2D eigenvalue weighted by atomic mass is 127. The molecule has 1 heterocycles. The van der Waals surface area contributed by atoms with E-state index in [1.807, 2.05) is 31.2 Å². The summed E-state index contributed by atoms with van der Waals surface area (Å²) in [6.07, 6.45) is 5.70. The van der Waals surface area contributed by atoms with Crippen LogP contribution in [0.1, 0.15) is 24.8 Å². The Morgan fingerprint density at radius 3 is 2.95 bits per heavy atom. The molecule has 0 aliphatic carbocycles. The number of carbonyl (C=O) groups is 1. The van der Waals surface area contributed by atoms with Gasteiger partial charge in [0.25, 0.3) is 0 Å². The molecule has 5 nitrogen and oxygen atoms in total. The number of hydrogen-bond donors (Lipinski definition) is 3. The summed E-state index contributed by atoms with van der Waals surface area (Å²) in [7, 11) is 0. The van der Waals surface area contributed by atoms with Crippen molar-refractivity contribution in [2.45, 2.75) is 19.3 Å². The number of anilines is 1. The van der Waals surface area contributed by atoms with E-state index in [2.05, 4.69) is 26.9 Å². The third-order valence-corrected chi connectivity index (χ3v) is 3.28. The highest BCUT2D eigenvalue weighted by molar-refractivity contribution is 14.0. The van der Waals surface area contributed by atoms with Crippen molar-refractivity contribution in [3.8, 4) is 12.3 Å². The number of aliphatic imine (C=N–C) groups is 1. The smallest absolute Gasteiger partial charge is 0.225 e. The second-order valence-electron chi connectivity index (χ2n) is 4.81. The molecule has 3 N–H and O–H groups in total. The molecule has 2 rings (SSSR count). The quantitative estimate of drug-likeness (QED) is 0.307. The molecule has 1 aliphatic rings. The first-order valence-electron chi connectivity index (χ1n) is 7.09. The van der Waals surface area contributed by atoms with Gasteiger partial charge in [0, 0.05) is 24.6 Å². The third-order valence-electron chi connectivity index (χ3n) is 3.28. The van der Waals surface area contributed by atoms with E-state index in [1.54, 1.807) is 0 Å². The standard InChI is InChI=1S/C16H20N4O.HI/c1-3-9-18-16(17-4-2)19-11-12-10-15(21)20-14-8-6-5-7-13(12)14;/h1,5-8,12H,4,9-11H2,2H3,(H,20,21)(H2,17,18,19);1H. The van der Waals surface area contributed by atoms with Crippen LogP contribution in [0.25, 0.3) is 0 Å². The van der Waals surface area contributed by atoms with Crippen molar-refractivity contribution in [3.63, 3.8) is 0 Å². The first-order chi connectivity index (χ1) is 10.2. The molecular weight excluding hydrogens is 391 g/mol. The van der Waals surface area contributed by atoms with Crippen LogP contribution in [0.5, 0.6) is 0 Å². The van der Waals surface area contributed by atoms with Crippen LogP contribution in [0.3, 0.4) is 0 Å². The summed E-state index contributed by atoms with van der Waals surface area (Å²) in [6.45, 7) is 3.73. The van der Waals surface area contributed by atoms with Gasteiger partial charge in [0.05, 0.1) is 13.1 Å². The number of amides is 1. The van der Waals surface area contributed by atoms with E-state index in [9.17, 15) is 4.79 Å². The predicted octanol–water partition coefficient (Wildman–Crippen LogP) is 1.92. The SMILES string of the molecule is C#CCNC(=NCC1CC(=O)Nc2ccccc21)NCC.I. The van der Waals surface area contributed by atoms with Crippen molar-refractivity contribution in [2.24, 2.45) is 4.99 Å². The van der Waals surface area contributed by atoms with Crippen molar-refractivity contribution in [3.05, 3.63) is 29.8 Å². The summed E-state index contributed by atoms with van der Waals surface area (Å²) in [5.41, 5.74) is 2.02. The van der Waals surface area contributed by atoms with E-state index < -0.39 is 0 Å². The zero-order valence-corrected chi connectivity index (χ0v) is 14.9. The molecule has 0 spiro atoms. The van der Waals surface area contributed by atoms with E-state index in [1.165, 1.54) is 0 Å². The predicted molar refractivity (Wildman–Crippen MR) is 101 cm³/mol. The maximum absolute atomic E-state index is 11.8. The van der Waals surface area contributed by atoms with Crippen LogP contribution < -0.4 is 16.0 Å². The molecule has 6 heteroatoms. The Morgan fingerprint density at radius 2 is 2.23 bits per heavy atom. The van der Waals surface area contributed by atoms with E-state index in [4.69, 9.17) is 6.42 Å². The summed E-state index contributed by atoms with van der Waals surface area (Å²) < 4.78 is 0. The van der Waals surface area contributed by atoms with Gasteiger partial charge in [-0.1, -0.05) is 24.1 Å². The van der Waals surface area contributed by atoms with Gasteiger partial charge in [-0.3, -0.25) is 9.79 Å². The molecule has 0 saturated carbocycles. The molecule has 1 aromatic carbocycles. The Labute approximate surface area is 148 Å². The highest BCUT2D eigenvalue weighted by Gasteiger charge is 2.24. The van der Waals surface area contributed by atoms with Crippen molar-refractivity contribution < 1.29 is 4.79 Å². The lowest BCUT2D eigenvalue weighted by atomic mass is 9.91. The van der Waals surface area contributed by atoms with E-state index >= 15 is 0 Å². The van der Waals surface area contributed by atoms with E-state index in [0.29, 0.717) is 25.5 Å². The van der Waals surface area contributed by atoms with Gasteiger partial charge >= 0.3 is 0 Å². The molecule has 1 amide bonds. The van der Waals surface area contributed by atoms with Gasteiger partial charge in [-0.2, -0.15) is 0 Å². The van der Waals surface area contributed by atoms with Crippen molar-refractivity contribution >= 4 is 41.5 Å². The monoisotopic (exact) mass is 412 g/mol. The zero-order chi connectivity index (χ0) is 15.1. The first-order valence-corrected chi connectivity index (χ1v) is 7.09. The molecule has 1 aliphatic heterocycles. The number of benzene rings is 1. The van der Waals surface area contributed by atoms with Crippen LogP contribution in [-0.4, -0.2) is 31.5 Å². The van der Waals surface area contributed by atoms with Gasteiger partial charge in [0.1, 0.15) is 0 Å². The normalized spacial score (nSPS) is 16.6. The van der Waals surface area contributed by atoms with Gasteiger partial charge in [0.15, 0.2) is 5.96 Å². The fourth-order valence-corrected chi connectivity index (χ4v) is 2.34. The maximum Gasteiger partial charge on any atom is 0.225 e. The second kappa shape index (κ2) is 9.30. The number of carbonyl (C=O) groups excluding carboxylic acids is 1. The molecule has 0 fully saturated rings. The van der Waals surface area contributed by atoms with Crippen LogP contribution in [0.4, 0.5) is 5.69 Å². The number of terminal acetylenes is 1. The lowest BCUT2D eigenvalue weighted by Crippen LogP contribution is -2.38. The Balaban J connectivity index is 0.00000242. The van der Waals surface area contributed by atoms with Crippen LogP contribution in [0.15, 0.2) is 29.3 Å². The molecule has 0 radical (unpaired) electrons. The minimum atomic E-state index is 0. The van der Waals surface area contributed by atoms with Crippen LogP contribution in [-0.2, 0) is 4.79 Å². The first kappa shape index (κ1) is 18.3. The van der Waals surface area contributed by atoms with E-state index in [-0.39, 0.29) is 35.8 Å². The molecule has 118 valence electrons. The van der Waals surface area contributed by atoms with Gasteiger partial charge in [-0.25, -0.2) is 0 Å². The summed E-state index contributed by atoms with van der Waals surface area (Å²) >= 11 is 0. The van der Waals surface area contributed by atoms with Gasteiger partial charge < -0.3 is 16.0 Å². The molecule has 1 unspecified atom stereocenters. The maximum atomic E-state index is 11.8. The largest absolute Gasteiger partial charge is 0.357 e. The summed E-state index contributed by atoms with van der Waals surface area (Å²) in [5.74, 6) is 3.33. The third kappa shape index (κ3) is 4.91. The number of hydrogen-bond acceptors (Lipinski definition) is 2. The van der Waals surface area contributed by atoms with Crippen LogP contribution in [0, 0.1) is 12.3 Å². The Hall–Kier alpha value is -1.75. The lowest BCUT2D eigenvalue weighted by molar-refractivity contribution is -0.116. The minimum Gasteiger partial charge on any atom is -0.357 e. The summed E-state index contributed by atoms with van der Waals surface area (Å²) in [6, 6.07) is 7.86. The van der Waals surface area contributed by atoms with Crippen molar-refractivity contribution in [1.82, 2.24) is 10.6 Å². The van der Waals surface area contributed by atoms with Crippen molar-refractivity contribution in [2.75, 3.05) is 25.0 Å². The number of halogens is 1. The summed E-state index contributed by atoms with van der Waals surface area (Å²) in [4.78, 5) is 16.3. The number of fused-ring (bicyclic) bond motifs is 1. The average molecular weight is 412 g/mol. The highest BCUT2D eigenvalue weighted by Crippen LogP contribution is 2.31. The van der Waals surface area contributed by atoms with Gasteiger partial charge in [-0.15, -0.1) is 30.4 Å². The van der Waals surface area contributed by atoms with Crippen LogP contribution in [0.2, 0.25) is 0 Å². The number of rotatable bonds is 4. The topological polar surface area (TPSA) is 65.5 Å². The number of guanidine groups is 1. The van der Waals surface area contributed by atoms with Crippen molar-refractivity contribution in [1.29, 1.82) is 0 Å². The molecule has 0 saturated heterocycles. The average Bonchev–Trinajstić information content (AvgIpc) is 2.49. The molecule has 22 heavy (non-hydrogen) atoms. The van der Waals surface area contributed by atoms with E-state index in [0.717, 1.165) is 17.8 Å². The lowest BCUT2D eigenvalue weighted by Gasteiger charge is -2.24. The molecule has 1 aromatic rings. The number of para-hydroxylation sites is 1. The fourth-order valence-electron chi connectivity index (χ4n) is 2.34. The van der Waals surface area contributed by atoms with Gasteiger partial charge in [0.2, 0.25) is 5.91 Å². The Kier molecular flexibility index (Phi) is 7.74. The Morgan fingerprint density at radius 1 is 1.45 bits per heavy atom. The zero-order valence-electron chi connectivity index (χ0n) is 12.6. The molecular formula is C16H21IN4O. The molecule has 0 aromatic heterocycles. The minimum absolute atomic E-state index is 0. The number of nitrogens with one attached hydrogen (secondary N) is 3. The van der Waals surface area contributed by atoms with Crippen LogP contribution >= 0.6 is 24.0 Å². The molecule has 0 bridgehead atoms. The second-order valence-corrected chi connectivity index (χ2v) is 4.81.